The number of carbonyl (C=O) groups excluding carboxylic acids is 2. The lowest BCUT2D eigenvalue weighted by atomic mass is 10.1. The zero-order chi connectivity index (χ0) is 25.5. The number of halogens is 2. The van der Waals surface area contributed by atoms with Crippen LogP contribution in [0.2, 0.25) is 10.0 Å². The van der Waals surface area contributed by atoms with E-state index in [2.05, 4.69) is 9.97 Å². The van der Waals surface area contributed by atoms with E-state index in [4.69, 9.17) is 32.7 Å². The van der Waals surface area contributed by atoms with Gasteiger partial charge in [0.05, 0.1) is 41.6 Å². The van der Waals surface area contributed by atoms with Gasteiger partial charge < -0.3 is 14.4 Å². The lowest BCUT2D eigenvalue weighted by Crippen LogP contribution is -2.24. The average Bonchev–Trinajstić information content (AvgIpc) is 3.15. The summed E-state index contributed by atoms with van der Waals surface area (Å²) in [5, 5.41) is -0.0816. The van der Waals surface area contributed by atoms with E-state index in [0.717, 1.165) is 6.26 Å². The van der Waals surface area contributed by atoms with Gasteiger partial charge in [0.1, 0.15) is 11.4 Å². The first-order valence-corrected chi connectivity index (χ1v) is 12.9. The third-order valence-electron chi connectivity index (χ3n) is 5.25. The molecule has 2 aromatic carbocycles. The maximum Gasteiger partial charge on any atom is 0.338 e. The van der Waals surface area contributed by atoms with Crippen LogP contribution in [0.15, 0.2) is 41.6 Å². The number of hydrogen-bond acceptors (Lipinski definition) is 8. The van der Waals surface area contributed by atoms with Crippen molar-refractivity contribution in [2.24, 2.45) is 0 Å². The van der Waals surface area contributed by atoms with Gasteiger partial charge in [-0.05, 0) is 37.3 Å². The molecule has 0 saturated heterocycles. The van der Waals surface area contributed by atoms with Gasteiger partial charge in [0.25, 0.3) is 5.91 Å². The monoisotopic (exact) mass is 535 g/mol. The van der Waals surface area contributed by atoms with E-state index < -0.39 is 26.9 Å². The summed E-state index contributed by atoms with van der Waals surface area (Å²) in [6.45, 7) is 1.91. The highest BCUT2D eigenvalue weighted by molar-refractivity contribution is 7.90. The lowest BCUT2D eigenvalue weighted by Gasteiger charge is -2.16. The van der Waals surface area contributed by atoms with E-state index in [1.807, 2.05) is 0 Å². The van der Waals surface area contributed by atoms with Crippen molar-refractivity contribution in [2.45, 2.75) is 18.6 Å². The van der Waals surface area contributed by atoms with Crippen molar-refractivity contribution < 1.29 is 27.5 Å². The molecule has 1 aliphatic heterocycles. The second-order valence-corrected chi connectivity index (χ2v) is 10.3. The van der Waals surface area contributed by atoms with Gasteiger partial charge in [-0.25, -0.2) is 23.2 Å². The predicted octanol–water partition coefficient (Wildman–Crippen LogP) is 4.20. The van der Waals surface area contributed by atoms with Crippen LogP contribution >= 0.6 is 23.2 Å². The topological polar surface area (TPSA) is 116 Å². The third kappa shape index (κ3) is 4.69. The summed E-state index contributed by atoms with van der Waals surface area (Å²) < 4.78 is 35.0. The summed E-state index contributed by atoms with van der Waals surface area (Å²) in [6, 6.07) is 9.33. The van der Waals surface area contributed by atoms with Crippen LogP contribution in [-0.2, 0) is 21.1 Å². The molecule has 0 N–H and O–H groups in total. The van der Waals surface area contributed by atoms with Crippen LogP contribution in [-0.4, -0.2) is 50.2 Å². The Balaban J connectivity index is 1.89. The molecule has 1 aliphatic rings. The number of amides is 1. The molecule has 0 fully saturated rings. The molecule has 0 atom stereocenters. The number of esters is 1. The van der Waals surface area contributed by atoms with Crippen LogP contribution in [0.25, 0.3) is 11.3 Å². The van der Waals surface area contributed by atoms with Crippen molar-refractivity contribution in [2.75, 3.05) is 24.9 Å². The fourth-order valence-corrected chi connectivity index (χ4v) is 4.69. The molecule has 12 heteroatoms. The Morgan fingerprint density at radius 3 is 2.49 bits per heavy atom. The molecule has 0 aliphatic carbocycles. The molecule has 1 aromatic heterocycles. The molecule has 0 saturated carbocycles. The van der Waals surface area contributed by atoms with Gasteiger partial charge in [-0.15, -0.1) is 0 Å². The fraction of sp³-hybridized carbons (Fsp3) is 0.217. The van der Waals surface area contributed by atoms with Crippen molar-refractivity contribution >= 4 is 50.6 Å². The van der Waals surface area contributed by atoms with Gasteiger partial charge in [0.15, 0.2) is 0 Å². The highest BCUT2D eigenvalue weighted by atomic mass is 35.5. The molecule has 2 heterocycles. The fourth-order valence-electron chi connectivity index (χ4n) is 3.63. The molecule has 4 rings (SSSR count). The molecule has 1 amide bonds. The van der Waals surface area contributed by atoms with Gasteiger partial charge in [-0.3, -0.25) is 4.79 Å². The number of sulfone groups is 1. The normalized spacial score (nSPS) is 13.1. The highest BCUT2D eigenvalue weighted by Crippen LogP contribution is 2.40. The minimum atomic E-state index is -3.88. The minimum absolute atomic E-state index is 0.0150. The summed E-state index contributed by atoms with van der Waals surface area (Å²) in [6.07, 6.45) is 0.947. The number of benzene rings is 2. The van der Waals surface area contributed by atoms with E-state index in [1.165, 1.54) is 30.2 Å². The van der Waals surface area contributed by atoms with Crippen molar-refractivity contribution in [3.8, 4) is 17.0 Å². The Bertz CT molecular complexity index is 1480. The maximum atomic E-state index is 13.4. The molecule has 182 valence electrons. The zero-order valence-corrected chi connectivity index (χ0v) is 21.2. The van der Waals surface area contributed by atoms with E-state index in [0.29, 0.717) is 22.6 Å². The quantitative estimate of drug-likeness (QED) is 0.340. The van der Waals surface area contributed by atoms with Crippen LogP contribution < -0.4 is 9.64 Å². The number of fused-ring (bicyclic) bond motifs is 1. The Morgan fingerprint density at radius 2 is 1.83 bits per heavy atom. The summed E-state index contributed by atoms with van der Waals surface area (Å²) in [5.74, 6) is -0.785. The molecule has 9 nitrogen and oxygen atoms in total. The van der Waals surface area contributed by atoms with Crippen molar-refractivity contribution in [1.29, 1.82) is 0 Å². The minimum Gasteiger partial charge on any atom is -0.495 e. The average molecular weight is 536 g/mol. The maximum absolute atomic E-state index is 13.4. The third-order valence-corrected chi connectivity index (χ3v) is 6.70. The number of ether oxygens (including phenoxy) is 2. The molecule has 0 bridgehead atoms. The smallest absolute Gasteiger partial charge is 0.338 e. The summed E-state index contributed by atoms with van der Waals surface area (Å²) >= 11 is 12.6. The highest BCUT2D eigenvalue weighted by Gasteiger charge is 2.36. The van der Waals surface area contributed by atoms with Crippen molar-refractivity contribution in [3.63, 3.8) is 0 Å². The second kappa shape index (κ2) is 9.44. The van der Waals surface area contributed by atoms with Crippen LogP contribution in [0.1, 0.15) is 33.3 Å². The molecular weight excluding hydrogens is 517 g/mol. The summed E-state index contributed by atoms with van der Waals surface area (Å²) in [5.41, 5.74) is 1.45. The van der Waals surface area contributed by atoms with Crippen LogP contribution in [0.3, 0.4) is 0 Å². The standard InChI is InChI=1S/C23H19Cl2N3O6S/c1-4-34-22(30)12-6-5-7-13(8-12)28-11-15-19(14-9-18(33-2)17(25)10-16(14)24)26-23(35(3,31)32)27-20(15)21(28)29/h5-10H,4,11H2,1-3H3. The van der Waals surface area contributed by atoms with E-state index in [-0.39, 0.29) is 40.1 Å². The lowest BCUT2D eigenvalue weighted by molar-refractivity contribution is 0.0526. The van der Waals surface area contributed by atoms with E-state index in [9.17, 15) is 18.0 Å². The Labute approximate surface area is 211 Å². The molecule has 0 radical (unpaired) electrons. The molecular formula is C23H19Cl2N3O6S. The van der Waals surface area contributed by atoms with Gasteiger partial charge in [-0.1, -0.05) is 29.3 Å². The molecule has 0 unspecified atom stereocenters. The first kappa shape index (κ1) is 24.9. The molecule has 0 spiro atoms. The van der Waals surface area contributed by atoms with Crippen molar-refractivity contribution in [1.82, 2.24) is 9.97 Å². The predicted molar refractivity (Wildman–Crippen MR) is 130 cm³/mol. The van der Waals surface area contributed by atoms with Gasteiger partial charge in [0.2, 0.25) is 15.0 Å². The number of rotatable bonds is 6. The van der Waals surface area contributed by atoms with Crippen LogP contribution in [0, 0.1) is 0 Å². The van der Waals surface area contributed by atoms with Gasteiger partial charge >= 0.3 is 5.97 Å². The number of carbonyl (C=O) groups is 2. The van der Waals surface area contributed by atoms with Gasteiger partial charge in [-0.2, -0.15) is 0 Å². The largest absolute Gasteiger partial charge is 0.495 e. The molecule has 35 heavy (non-hydrogen) atoms. The summed E-state index contributed by atoms with van der Waals surface area (Å²) in [4.78, 5) is 35.2. The summed E-state index contributed by atoms with van der Waals surface area (Å²) in [7, 11) is -2.45. The first-order chi connectivity index (χ1) is 16.5. The number of nitrogens with zero attached hydrogens (tertiary/aromatic N) is 3. The second-order valence-electron chi connectivity index (χ2n) is 7.58. The van der Waals surface area contributed by atoms with E-state index >= 15 is 0 Å². The molecule has 3 aromatic rings. The Morgan fingerprint density at radius 1 is 1.11 bits per heavy atom. The Kier molecular flexibility index (Phi) is 6.72. The van der Waals surface area contributed by atoms with Crippen LogP contribution in [0.5, 0.6) is 5.75 Å². The number of aromatic nitrogens is 2. The Hall–Kier alpha value is -3.21. The van der Waals surface area contributed by atoms with Crippen molar-refractivity contribution in [3.05, 3.63) is 63.3 Å². The van der Waals surface area contributed by atoms with E-state index in [1.54, 1.807) is 25.1 Å². The number of hydrogen-bond donors (Lipinski definition) is 0. The number of methoxy groups -OCH3 is 1. The zero-order valence-electron chi connectivity index (χ0n) is 18.8. The van der Waals surface area contributed by atoms with Gasteiger partial charge in [0, 0.05) is 23.1 Å². The first-order valence-electron chi connectivity index (χ1n) is 10.3. The van der Waals surface area contributed by atoms with Crippen LogP contribution in [0.4, 0.5) is 5.69 Å². The number of anilines is 1. The SMILES string of the molecule is CCOC(=O)c1cccc(N2Cc3c(nc(S(C)(=O)=O)nc3-c3cc(OC)c(Cl)cc3Cl)C2=O)c1.